The maximum Gasteiger partial charge on any atom is 0.145 e. The predicted molar refractivity (Wildman–Crippen MR) is 77.9 cm³/mol. The molecule has 0 saturated heterocycles. The van der Waals surface area contributed by atoms with Crippen molar-refractivity contribution in [2.75, 3.05) is 12.8 Å². The van der Waals surface area contributed by atoms with E-state index < -0.39 is 8.80 Å². The second-order valence-electron chi connectivity index (χ2n) is 6.03. The van der Waals surface area contributed by atoms with E-state index in [0.29, 0.717) is 0 Å². The van der Waals surface area contributed by atoms with Gasteiger partial charge in [-0.3, -0.25) is 0 Å². The Labute approximate surface area is 112 Å². The second kappa shape index (κ2) is 7.15. The van der Waals surface area contributed by atoms with Crippen molar-refractivity contribution in [1.82, 2.24) is 0 Å². The highest BCUT2D eigenvalue weighted by Gasteiger charge is 2.20. The third-order valence-corrected chi connectivity index (χ3v) is 7.13. The summed E-state index contributed by atoms with van der Waals surface area (Å²) in [6.45, 7) is 5.56. The Morgan fingerprint density at radius 2 is 2.17 bits per heavy atom. The molecule has 0 bridgehead atoms. The summed E-state index contributed by atoms with van der Waals surface area (Å²) in [4.78, 5) is 0. The fraction of sp³-hybridized carbons (Fsp3) is 0.733. The third-order valence-electron chi connectivity index (χ3n) is 3.85. The largest absolute Gasteiger partial charge is 0.475 e. The van der Waals surface area contributed by atoms with Crippen LogP contribution in [-0.4, -0.2) is 21.6 Å². The van der Waals surface area contributed by atoms with Crippen LogP contribution in [0.5, 0.6) is 0 Å². The van der Waals surface area contributed by atoms with Gasteiger partial charge in [0.05, 0.1) is 11.6 Å². The van der Waals surface area contributed by atoms with Crippen molar-refractivity contribution in [2.45, 2.75) is 45.6 Å². The van der Waals surface area contributed by atoms with Crippen LogP contribution in [0.15, 0.2) is 22.8 Å². The van der Waals surface area contributed by atoms with E-state index in [-0.39, 0.29) is 0 Å². The first-order valence-electron chi connectivity index (χ1n) is 7.37. The lowest BCUT2D eigenvalue weighted by atomic mass is 10.1. The lowest BCUT2D eigenvalue weighted by Crippen LogP contribution is -2.36. The molecule has 1 aliphatic rings. The minimum Gasteiger partial charge on any atom is -0.475 e. The van der Waals surface area contributed by atoms with Crippen molar-refractivity contribution < 1.29 is 9.15 Å². The Bertz CT molecular complexity index is 315. The maximum absolute atomic E-state index is 6.01. The first-order valence-corrected chi connectivity index (χ1v) is 9.58. The van der Waals surface area contributed by atoms with Crippen molar-refractivity contribution in [1.29, 1.82) is 0 Å². The minimum absolute atomic E-state index is 0.738. The second-order valence-corrected chi connectivity index (χ2v) is 8.80. The van der Waals surface area contributed by atoms with Gasteiger partial charge in [-0.05, 0) is 42.9 Å². The molecule has 0 amide bonds. The van der Waals surface area contributed by atoms with E-state index in [0.717, 1.165) is 24.7 Å². The van der Waals surface area contributed by atoms with E-state index in [4.69, 9.17) is 9.15 Å². The van der Waals surface area contributed by atoms with Gasteiger partial charge in [-0.25, -0.2) is 0 Å². The molecule has 0 aromatic carbocycles. The van der Waals surface area contributed by atoms with Gasteiger partial charge >= 0.3 is 0 Å². The quantitative estimate of drug-likeness (QED) is 0.708. The van der Waals surface area contributed by atoms with Crippen molar-refractivity contribution in [2.24, 2.45) is 11.8 Å². The van der Waals surface area contributed by atoms with Gasteiger partial charge in [0.1, 0.15) is 8.80 Å². The summed E-state index contributed by atoms with van der Waals surface area (Å²) in [6.07, 6.45) is 8.29. The third kappa shape index (κ3) is 4.29. The van der Waals surface area contributed by atoms with E-state index >= 15 is 0 Å². The van der Waals surface area contributed by atoms with Crippen LogP contribution in [0.3, 0.4) is 0 Å². The van der Waals surface area contributed by atoms with E-state index in [2.05, 4.69) is 19.9 Å². The molecule has 1 aromatic heterocycles. The fourth-order valence-electron chi connectivity index (χ4n) is 2.91. The zero-order valence-corrected chi connectivity index (χ0v) is 12.9. The number of ether oxygens (including phenoxy) is 1. The predicted octanol–water partition coefficient (Wildman–Crippen LogP) is 3.12. The zero-order valence-electron chi connectivity index (χ0n) is 11.7. The molecule has 3 heteroatoms. The van der Waals surface area contributed by atoms with Gasteiger partial charge in [-0.1, -0.05) is 26.7 Å². The molecule has 1 atom stereocenters. The highest BCUT2D eigenvalue weighted by molar-refractivity contribution is 6.72. The van der Waals surface area contributed by atoms with Gasteiger partial charge in [-0.15, -0.1) is 0 Å². The average Bonchev–Trinajstić information content (AvgIpc) is 3.00. The van der Waals surface area contributed by atoms with Crippen LogP contribution in [0.2, 0.25) is 6.04 Å². The highest BCUT2D eigenvalue weighted by atomic mass is 28.3. The van der Waals surface area contributed by atoms with Crippen LogP contribution in [0, 0.1) is 11.8 Å². The highest BCUT2D eigenvalue weighted by Crippen LogP contribution is 2.24. The summed E-state index contributed by atoms with van der Waals surface area (Å²) in [7, 11) is -1.05. The van der Waals surface area contributed by atoms with Crippen molar-refractivity contribution >= 4 is 14.2 Å². The standard InChI is InChI=1S/C15H26O2Si/c1-13(2)11-18(15-8-5-9-17-15)12-16-10-14-6-3-4-7-14/h5,8-9,13-14,18H,3-4,6-7,10-12H2,1-2H3. The van der Waals surface area contributed by atoms with Gasteiger partial charge < -0.3 is 9.15 Å². The maximum atomic E-state index is 6.01. The Morgan fingerprint density at radius 1 is 1.39 bits per heavy atom. The topological polar surface area (TPSA) is 22.4 Å². The van der Waals surface area contributed by atoms with Gasteiger partial charge in [-0.2, -0.15) is 0 Å². The number of hydrogen-bond acceptors (Lipinski definition) is 2. The van der Waals surface area contributed by atoms with Crippen LogP contribution in [0.4, 0.5) is 0 Å². The molecular weight excluding hydrogens is 240 g/mol. The number of hydrogen-bond donors (Lipinski definition) is 0. The fourth-order valence-corrected chi connectivity index (χ4v) is 5.66. The lowest BCUT2D eigenvalue weighted by molar-refractivity contribution is 0.135. The number of rotatable bonds is 7. The van der Waals surface area contributed by atoms with Crippen LogP contribution < -0.4 is 5.38 Å². The van der Waals surface area contributed by atoms with Crippen molar-refractivity contribution in [3.63, 3.8) is 0 Å². The van der Waals surface area contributed by atoms with Gasteiger partial charge in [0.25, 0.3) is 0 Å². The first-order chi connectivity index (χ1) is 8.75. The molecule has 1 saturated carbocycles. The molecule has 2 rings (SSSR count). The molecule has 1 heterocycles. The first kappa shape index (κ1) is 13.9. The minimum atomic E-state index is -1.05. The average molecular weight is 266 g/mol. The molecule has 2 nitrogen and oxygen atoms in total. The number of furan rings is 1. The lowest BCUT2D eigenvalue weighted by Gasteiger charge is -2.17. The molecule has 0 aliphatic heterocycles. The Kier molecular flexibility index (Phi) is 5.51. The summed E-state index contributed by atoms with van der Waals surface area (Å²) in [5.74, 6) is 1.57. The van der Waals surface area contributed by atoms with E-state index in [9.17, 15) is 0 Å². The molecule has 0 spiro atoms. The molecule has 0 radical (unpaired) electrons. The molecule has 0 N–H and O–H groups in total. The summed E-state index contributed by atoms with van der Waals surface area (Å²) in [6, 6.07) is 5.42. The Morgan fingerprint density at radius 3 is 2.78 bits per heavy atom. The van der Waals surface area contributed by atoms with Gasteiger partial charge in [0.2, 0.25) is 0 Å². The van der Waals surface area contributed by atoms with Gasteiger partial charge in [0.15, 0.2) is 0 Å². The normalized spacial score (nSPS) is 18.6. The zero-order chi connectivity index (χ0) is 12.8. The van der Waals surface area contributed by atoms with Crippen LogP contribution >= 0.6 is 0 Å². The van der Waals surface area contributed by atoms with E-state index in [1.54, 1.807) is 6.26 Å². The Hall–Kier alpha value is -0.543. The SMILES string of the molecule is CC(C)C[SiH](COCC1CCCC1)c1ccco1. The van der Waals surface area contributed by atoms with Crippen molar-refractivity contribution in [3.05, 3.63) is 18.4 Å². The van der Waals surface area contributed by atoms with Crippen molar-refractivity contribution in [3.8, 4) is 0 Å². The smallest absolute Gasteiger partial charge is 0.145 e. The molecule has 18 heavy (non-hydrogen) atoms. The molecule has 1 aromatic rings. The molecule has 1 unspecified atom stereocenters. The monoisotopic (exact) mass is 266 g/mol. The summed E-state index contributed by atoms with van der Waals surface area (Å²) in [5.41, 5.74) is 0. The van der Waals surface area contributed by atoms with Crippen LogP contribution in [0.25, 0.3) is 0 Å². The molecule has 102 valence electrons. The summed E-state index contributed by atoms with van der Waals surface area (Å²) in [5, 5.41) is 1.22. The molecule has 1 fully saturated rings. The van der Waals surface area contributed by atoms with E-state index in [1.807, 2.05) is 6.07 Å². The Balaban J connectivity index is 1.77. The molecular formula is C15H26O2Si. The summed E-state index contributed by atoms with van der Waals surface area (Å²) >= 11 is 0. The summed E-state index contributed by atoms with van der Waals surface area (Å²) < 4.78 is 11.6. The van der Waals surface area contributed by atoms with Crippen LogP contribution in [0.1, 0.15) is 39.5 Å². The van der Waals surface area contributed by atoms with E-state index in [1.165, 1.54) is 37.1 Å². The molecule has 1 aliphatic carbocycles. The van der Waals surface area contributed by atoms with Gasteiger partial charge in [0, 0.05) is 12.8 Å². The van der Waals surface area contributed by atoms with Crippen LogP contribution in [-0.2, 0) is 4.74 Å².